The summed E-state index contributed by atoms with van der Waals surface area (Å²) in [6.07, 6.45) is 29.7. The molecule has 2 radical (unpaired) electrons. The van der Waals surface area contributed by atoms with Gasteiger partial charge < -0.3 is 0 Å². The Bertz CT molecular complexity index is 429. The van der Waals surface area contributed by atoms with E-state index in [1.807, 2.05) is 0 Å². The maximum Gasteiger partial charge on any atom is 0.0416 e. The Morgan fingerprint density at radius 2 is 0.931 bits per heavy atom. The molecule has 0 aromatic carbocycles. The van der Waals surface area contributed by atoms with E-state index >= 15 is 0 Å². The molecule has 0 atom stereocenters. The van der Waals surface area contributed by atoms with Gasteiger partial charge in [0.25, 0.3) is 0 Å². The minimum Gasteiger partial charge on any atom is -0.0625 e. The molecule has 0 aromatic rings. The Kier molecular flexibility index (Phi) is 9.06. The summed E-state index contributed by atoms with van der Waals surface area (Å²) in [4.78, 5) is 0. The fraction of sp³-hybridized carbons (Fsp3) is 1.00. The zero-order chi connectivity index (χ0) is 19.9. The van der Waals surface area contributed by atoms with Crippen LogP contribution in [0.15, 0.2) is 0 Å². The Balaban J connectivity index is 1.05. The Morgan fingerprint density at radius 1 is 0.483 bits per heavy atom. The van der Waals surface area contributed by atoms with E-state index in [1.165, 1.54) is 41.6 Å². The molecule has 0 heterocycles. The van der Waals surface area contributed by atoms with Gasteiger partial charge in [0.2, 0.25) is 0 Å². The van der Waals surface area contributed by atoms with Gasteiger partial charge in [-0.25, -0.2) is 0 Å². The summed E-state index contributed by atoms with van der Waals surface area (Å²) in [5.41, 5.74) is 1.12. The standard InChI is InChI=1S/C28H50Si/c1-22-7-9-24(10-8-22)20-25-11-13-27(14-12-25)21-29-28-17-15-26(16-18-28)19-23-5-3-2-4-6-23/h22-28H,2-21H2,1H3. The zero-order valence-corrected chi connectivity index (χ0v) is 20.7. The predicted molar refractivity (Wildman–Crippen MR) is 129 cm³/mol. The highest BCUT2D eigenvalue weighted by molar-refractivity contribution is 6.37. The topological polar surface area (TPSA) is 0 Å². The number of hydrogen-bond acceptors (Lipinski definition) is 0. The summed E-state index contributed by atoms with van der Waals surface area (Å²) in [6, 6.07) is 1.60. The Labute approximate surface area is 185 Å². The third kappa shape index (κ3) is 7.39. The second-order valence-corrected chi connectivity index (χ2v) is 13.7. The highest BCUT2D eigenvalue weighted by atomic mass is 28.2. The molecule has 0 nitrogen and oxygen atoms in total. The summed E-state index contributed by atoms with van der Waals surface area (Å²) in [5.74, 6) is 6.54. The lowest BCUT2D eigenvalue weighted by Gasteiger charge is -2.35. The van der Waals surface area contributed by atoms with Gasteiger partial charge in [-0.1, -0.05) is 122 Å². The molecule has 0 aromatic heterocycles. The normalized spacial score (nSPS) is 40.0. The molecule has 4 fully saturated rings. The lowest BCUT2D eigenvalue weighted by atomic mass is 9.74. The zero-order valence-electron chi connectivity index (χ0n) is 19.7. The number of hydrogen-bond donors (Lipinski definition) is 0. The highest BCUT2D eigenvalue weighted by Gasteiger charge is 2.28. The lowest BCUT2D eigenvalue weighted by Crippen LogP contribution is -2.22. The molecule has 4 aliphatic carbocycles. The molecule has 4 aliphatic rings. The minimum absolute atomic E-state index is 1.02. The maximum absolute atomic E-state index is 2.46. The third-order valence-electron chi connectivity index (χ3n) is 9.70. The smallest absolute Gasteiger partial charge is 0.0416 e. The highest BCUT2D eigenvalue weighted by Crippen LogP contribution is 2.42. The molecule has 166 valence electrons. The van der Waals surface area contributed by atoms with Crippen LogP contribution in [-0.2, 0) is 0 Å². The number of rotatable bonds is 7. The van der Waals surface area contributed by atoms with Crippen LogP contribution in [0.3, 0.4) is 0 Å². The van der Waals surface area contributed by atoms with E-state index in [0.717, 1.165) is 41.0 Å². The fourth-order valence-electron chi connectivity index (χ4n) is 7.54. The van der Waals surface area contributed by atoms with Gasteiger partial charge in [-0.3, -0.25) is 0 Å². The van der Waals surface area contributed by atoms with Crippen molar-refractivity contribution in [2.24, 2.45) is 35.5 Å². The summed E-state index contributed by atoms with van der Waals surface area (Å²) >= 11 is 0. The molecular formula is C28H50Si. The van der Waals surface area contributed by atoms with Gasteiger partial charge in [-0.05, 0) is 53.9 Å². The monoisotopic (exact) mass is 414 g/mol. The largest absolute Gasteiger partial charge is 0.0625 e. The Hall–Kier alpha value is 0.217. The first kappa shape index (κ1) is 22.4. The van der Waals surface area contributed by atoms with Gasteiger partial charge in [0.1, 0.15) is 0 Å². The van der Waals surface area contributed by atoms with Crippen molar-refractivity contribution in [3.8, 4) is 0 Å². The van der Waals surface area contributed by atoms with Crippen molar-refractivity contribution in [3.63, 3.8) is 0 Å². The van der Waals surface area contributed by atoms with Gasteiger partial charge in [0.15, 0.2) is 0 Å². The van der Waals surface area contributed by atoms with E-state index in [9.17, 15) is 0 Å². The SMILES string of the molecule is CC1CCC(CC2CCC(C[Si]C3CCC(CC4CCCCC4)CC3)CC2)CC1. The first-order valence-electron chi connectivity index (χ1n) is 14.0. The molecule has 4 rings (SSSR count). The first-order valence-corrected chi connectivity index (χ1v) is 15.3. The molecule has 0 saturated heterocycles. The molecule has 0 N–H and O–H groups in total. The molecule has 0 spiro atoms. The van der Waals surface area contributed by atoms with Crippen LogP contribution in [0.2, 0.25) is 11.6 Å². The van der Waals surface area contributed by atoms with Crippen molar-refractivity contribution in [2.75, 3.05) is 0 Å². The second kappa shape index (κ2) is 11.7. The van der Waals surface area contributed by atoms with E-state index in [-0.39, 0.29) is 0 Å². The van der Waals surface area contributed by atoms with Crippen LogP contribution in [0.5, 0.6) is 0 Å². The average Bonchev–Trinajstić information content (AvgIpc) is 2.77. The van der Waals surface area contributed by atoms with Gasteiger partial charge in [-0.2, -0.15) is 0 Å². The molecular weight excluding hydrogens is 364 g/mol. The second-order valence-electron chi connectivity index (χ2n) is 12.1. The molecule has 0 unspecified atom stereocenters. The van der Waals surface area contributed by atoms with Gasteiger partial charge in [0, 0.05) is 9.52 Å². The molecule has 1 heteroatoms. The van der Waals surface area contributed by atoms with Crippen molar-refractivity contribution in [1.82, 2.24) is 0 Å². The van der Waals surface area contributed by atoms with Crippen LogP contribution in [0.25, 0.3) is 0 Å². The van der Waals surface area contributed by atoms with Crippen molar-refractivity contribution in [2.45, 2.75) is 141 Å². The first-order chi connectivity index (χ1) is 14.2. The van der Waals surface area contributed by atoms with Crippen molar-refractivity contribution >= 4 is 9.52 Å². The van der Waals surface area contributed by atoms with Crippen molar-refractivity contribution < 1.29 is 0 Å². The summed E-state index contributed by atoms with van der Waals surface area (Å²) in [5, 5.41) is 0. The predicted octanol–water partition coefficient (Wildman–Crippen LogP) is 9.08. The molecule has 4 saturated carbocycles. The van der Waals surface area contributed by atoms with Crippen LogP contribution in [0, 0.1) is 35.5 Å². The maximum atomic E-state index is 2.46. The van der Waals surface area contributed by atoms with Crippen molar-refractivity contribution in [1.29, 1.82) is 0 Å². The quantitative estimate of drug-likeness (QED) is 0.364. The van der Waals surface area contributed by atoms with Gasteiger partial charge >= 0.3 is 0 Å². The summed E-state index contributed by atoms with van der Waals surface area (Å²) in [6.45, 7) is 2.46. The van der Waals surface area contributed by atoms with Gasteiger partial charge in [-0.15, -0.1) is 0 Å². The van der Waals surface area contributed by atoms with Crippen molar-refractivity contribution in [3.05, 3.63) is 0 Å². The minimum atomic E-state index is 1.02. The lowest BCUT2D eigenvalue weighted by molar-refractivity contribution is 0.200. The van der Waals surface area contributed by atoms with Crippen LogP contribution in [-0.4, -0.2) is 9.52 Å². The summed E-state index contributed by atoms with van der Waals surface area (Å²) < 4.78 is 0. The summed E-state index contributed by atoms with van der Waals surface area (Å²) in [7, 11) is 1.30. The molecule has 29 heavy (non-hydrogen) atoms. The van der Waals surface area contributed by atoms with E-state index in [1.54, 1.807) is 95.9 Å². The van der Waals surface area contributed by atoms with E-state index < -0.39 is 0 Å². The van der Waals surface area contributed by atoms with Crippen LogP contribution in [0.4, 0.5) is 0 Å². The van der Waals surface area contributed by atoms with E-state index in [2.05, 4.69) is 6.92 Å². The van der Waals surface area contributed by atoms with E-state index in [4.69, 9.17) is 0 Å². The van der Waals surface area contributed by atoms with Gasteiger partial charge in [0.05, 0.1) is 0 Å². The van der Waals surface area contributed by atoms with Crippen LogP contribution < -0.4 is 0 Å². The fourth-order valence-corrected chi connectivity index (χ4v) is 9.35. The van der Waals surface area contributed by atoms with E-state index in [0.29, 0.717) is 0 Å². The molecule has 0 bridgehead atoms. The molecule has 0 aliphatic heterocycles. The third-order valence-corrected chi connectivity index (χ3v) is 11.7. The average molecular weight is 415 g/mol. The van der Waals surface area contributed by atoms with Crippen LogP contribution >= 0.6 is 0 Å². The Morgan fingerprint density at radius 3 is 1.52 bits per heavy atom. The molecule has 0 amide bonds. The van der Waals surface area contributed by atoms with Crippen LogP contribution in [0.1, 0.15) is 129 Å².